The molecule has 1 aliphatic carbocycles. The summed E-state index contributed by atoms with van der Waals surface area (Å²) < 4.78 is 1.98. The van der Waals surface area contributed by atoms with E-state index in [-0.39, 0.29) is 18.4 Å². The van der Waals surface area contributed by atoms with Crippen molar-refractivity contribution in [2.75, 3.05) is 6.54 Å². The third-order valence-electron chi connectivity index (χ3n) is 4.48. The monoisotopic (exact) mass is 307 g/mol. The van der Waals surface area contributed by atoms with Crippen molar-refractivity contribution in [1.29, 1.82) is 0 Å². The molecule has 1 aromatic rings. The second-order valence-electron chi connectivity index (χ2n) is 7.49. The molecule has 0 radical (unpaired) electrons. The van der Waals surface area contributed by atoms with Gasteiger partial charge in [-0.05, 0) is 31.6 Å². The SMILES string of the molecule is CC(C)Cn1ncc(C(=O)NCC(C)(O)C(C)C)c1C1CC1. The molecule has 0 aliphatic heterocycles. The summed E-state index contributed by atoms with van der Waals surface area (Å²) in [4.78, 5) is 12.5. The van der Waals surface area contributed by atoms with Crippen LogP contribution in [0.2, 0.25) is 0 Å². The van der Waals surface area contributed by atoms with Gasteiger partial charge in [-0.25, -0.2) is 0 Å². The second kappa shape index (κ2) is 6.41. The van der Waals surface area contributed by atoms with Crippen LogP contribution in [0.3, 0.4) is 0 Å². The number of carbonyl (C=O) groups is 1. The first-order valence-corrected chi connectivity index (χ1v) is 8.28. The van der Waals surface area contributed by atoms with Gasteiger partial charge in [0.25, 0.3) is 5.91 Å². The average molecular weight is 307 g/mol. The zero-order valence-electron chi connectivity index (χ0n) is 14.4. The van der Waals surface area contributed by atoms with Gasteiger partial charge >= 0.3 is 0 Å². The van der Waals surface area contributed by atoms with Crippen molar-refractivity contribution in [3.8, 4) is 0 Å². The van der Waals surface area contributed by atoms with Crippen molar-refractivity contribution in [3.63, 3.8) is 0 Å². The van der Waals surface area contributed by atoms with E-state index < -0.39 is 5.60 Å². The van der Waals surface area contributed by atoms with Crippen molar-refractivity contribution < 1.29 is 9.90 Å². The van der Waals surface area contributed by atoms with Crippen LogP contribution in [0.5, 0.6) is 0 Å². The van der Waals surface area contributed by atoms with Gasteiger partial charge in [0, 0.05) is 19.0 Å². The zero-order valence-corrected chi connectivity index (χ0v) is 14.4. The lowest BCUT2D eigenvalue weighted by atomic mass is 9.92. The maximum absolute atomic E-state index is 12.5. The Bertz CT molecular complexity index is 528. The van der Waals surface area contributed by atoms with E-state index >= 15 is 0 Å². The number of rotatable bonds is 7. The number of amides is 1. The number of aliphatic hydroxyl groups is 1. The van der Waals surface area contributed by atoms with Gasteiger partial charge in [-0.15, -0.1) is 0 Å². The highest BCUT2D eigenvalue weighted by Crippen LogP contribution is 2.41. The molecule has 1 fully saturated rings. The molecule has 1 aliphatic rings. The predicted octanol–water partition coefficient (Wildman–Crippen LogP) is 2.55. The minimum Gasteiger partial charge on any atom is -0.388 e. The van der Waals surface area contributed by atoms with Gasteiger partial charge in [0.2, 0.25) is 0 Å². The Balaban J connectivity index is 2.11. The first-order chi connectivity index (χ1) is 10.2. The van der Waals surface area contributed by atoms with Crippen molar-refractivity contribution >= 4 is 5.91 Å². The molecule has 22 heavy (non-hydrogen) atoms. The standard InChI is InChI=1S/C17H29N3O2/c1-11(2)9-20-15(13-6-7-13)14(8-19-20)16(21)18-10-17(5,22)12(3)4/h8,11-13,22H,6-7,9-10H2,1-5H3,(H,18,21). The fraction of sp³-hybridized carbons (Fsp3) is 0.765. The minimum atomic E-state index is -0.899. The van der Waals surface area contributed by atoms with E-state index in [2.05, 4.69) is 24.3 Å². The van der Waals surface area contributed by atoms with E-state index in [0.29, 0.717) is 17.4 Å². The third kappa shape index (κ3) is 3.88. The van der Waals surface area contributed by atoms with Crippen molar-refractivity contribution in [2.45, 2.75) is 65.5 Å². The van der Waals surface area contributed by atoms with E-state index in [0.717, 1.165) is 25.1 Å². The van der Waals surface area contributed by atoms with Crippen LogP contribution in [-0.4, -0.2) is 32.9 Å². The molecule has 5 heteroatoms. The number of hydrogen-bond acceptors (Lipinski definition) is 3. The van der Waals surface area contributed by atoms with Crippen LogP contribution in [0.15, 0.2) is 6.20 Å². The lowest BCUT2D eigenvalue weighted by molar-refractivity contribution is 0.0142. The summed E-state index contributed by atoms with van der Waals surface area (Å²) in [5, 5.41) is 17.5. The van der Waals surface area contributed by atoms with Crippen LogP contribution < -0.4 is 5.32 Å². The molecule has 2 N–H and O–H groups in total. The molecule has 124 valence electrons. The Hall–Kier alpha value is -1.36. The van der Waals surface area contributed by atoms with Crippen LogP contribution in [0, 0.1) is 11.8 Å². The minimum absolute atomic E-state index is 0.0827. The maximum atomic E-state index is 12.5. The molecule has 0 saturated heterocycles. The number of aromatic nitrogens is 2. The molecular weight excluding hydrogens is 278 g/mol. The molecule has 1 saturated carbocycles. The van der Waals surface area contributed by atoms with Gasteiger partial charge < -0.3 is 10.4 Å². The van der Waals surface area contributed by atoms with Gasteiger partial charge in [-0.3, -0.25) is 9.48 Å². The Kier molecular flexibility index (Phi) is 4.95. The fourth-order valence-corrected chi connectivity index (χ4v) is 2.41. The zero-order chi connectivity index (χ0) is 16.5. The molecule has 1 atom stereocenters. The van der Waals surface area contributed by atoms with Crippen LogP contribution in [0.1, 0.15) is 69.4 Å². The summed E-state index contributed by atoms with van der Waals surface area (Å²) >= 11 is 0. The van der Waals surface area contributed by atoms with Crippen molar-refractivity contribution in [2.24, 2.45) is 11.8 Å². The van der Waals surface area contributed by atoms with E-state index in [4.69, 9.17) is 0 Å². The Morgan fingerprint density at radius 1 is 1.45 bits per heavy atom. The Labute approximate surface area is 133 Å². The maximum Gasteiger partial charge on any atom is 0.254 e. The van der Waals surface area contributed by atoms with Crippen LogP contribution >= 0.6 is 0 Å². The van der Waals surface area contributed by atoms with Gasteiger partial charge in [0.1, 0.15) is 0 Å². The summed E-state index contributed by atoms with van der Waals surface area (Å²) in [6.45, 7) is 11.0. The number of nitrogens with zero attached hydrogens (tertiary/aromatic N) is 2. The summed E-state index contributed by atoms with van der Waals surface area (Å²) in [5.41, 5.74) is 0.835. The highest BCUT2D eigenvalue weighted by molar-refractivity contribution is 5.95. The third-order valence-corrected chi connectivity index (χ3v) is 4.48. The molecule has 1 unspecified atom stereocenters. The lowest BCUT2D eigenvalue weighted by Gasteiger charge is -2.27. The summed E-state index contributed by atoms with van der Waals surface area (Å²) in [6, 6.07) is 0. The molecule has 1 heterocycles. The first-order valence-electron chi connectivity index (χ1n) is 8.28. The number of hydrogen-bond donors (Lipinski definition) is 2. The summed E-state index contributed by atoms with van der Waals surface area (Å²) in [7, 11) is 0. The molecule has 0 spiro atoms. The van der Waals surface area contributed by atoms with Gasteiger partial charge in [0.05, 0.1) is 23.1 Å². The molecule has 2 rings (SSSR count). The summed E-state index contributed by atoms with van der Waals surface area (Å²) in [5.74, 6) is 0.916. The van der Waals surface area contributed by atoms with E-state index in [1.54, 1.807) is 13.1 Å². The topological polar surface area (TPSA) is 67.2 Å². The molecule has 0 bridgehead atoms. The van der Waals surface area contributed by atoms with Crippen LogP contribution in [0.25, 0.3) is 0 Å². The quantitative estimate of drug-likeness (QED) is 0.813. The van der Waals surface area contributed by atoms with Crippen molar-refractivity contribution in [1.82, 2.24) is 15.1 Å². The Morgan fingerprint density at radius 3 is 2.59 bits per heavy atom. The largest absolute Gasteiger partial charge is 0.388 e. The predicted molar refractivity (Wildman–Crippen MR) is 86.8 cm³/mol. The van der Waals surface area contributed by atoms with Gasteiger partial charge in [-0.2, -0.15) is 5.10 Å². The summed E-state index contributed by atoms with van der Waals surface area (Å²) in [6.07, 6.45) is 3.94. The van der Waals surface area contributed by atoms with E-state index in [1.807, 2.05) is 18.5 Å². The lowest BCUT2D eigenvalue weighted by Crippen LogP contribution is -2.44. The number of carbonyl (C=O) groups excluding carboxylic acids is 1. The van der Waals surface area contributed by atoms with Gasteiger partial charge in [-0.1, -0.05) is 27.7 Å². The van der Waals surface area contributed by atoms with E-state index in [1.165, 1.54) is 0 Å². The van der Waals surface area contributed by atoms with Crippen LogP contribution in [-0.2, 0) is 6.54 Å². The second-order valence-corrected chi connectivity index (χ2v) is 7.49. The normalized spacial score (nSPS) is 17.8. The van der Waals surface area contributed by atoms with Crippen molar-refractivity contribution in [3.05, 3.63) is 17.5 Å². The smallest absolute Gasteiger partial charge is 0.254 e. The van der Waals surface area contributed by atoms with Crippen LogP contribution in [0.4, 0.5) is 0 Å². The highest BCUT2D eigenvalue weighted by Gasteiger charge is 2.33. The average Bonchev–Trinajstić information content (AvgIpc) is 3.17. The fourth-order valence-electron chi connectivity index (χ4n) is 2.41. The molecule has 1 amide bonds. The Morgan fingerprint density at radius 2 is 2.09 bits per heavy atom. The van der Waals surface area contributed by atoms with E-state index in [9.17, 15) is 9.90 Å². The molecule has 0 aromatic carbocycles. The molecular formula is C17H29N3O2. The molecule has 1 aromatic heterocycles. The highest BCUT2D eigenvalue weighted by atomic mass is 16.3. The first kappa shape index (κ1) is 17.0. The van der Waals surface area contributed by atoms with Gasteiger partial charge in [0.15, 0.2) is 0 Å². The number of nitrogens with one attached hydrogen (secondary N) is 1. The molecule has 5 nitrogen and oxygen atoms in total.